The second-order valence-corrected chi connectivity index (χ2v) is 3.62. The Bertz CT molecular complexity index is 342. The van der Waals surface area contributed by atoms with Crippen LogP contribution in [0.1, 0.15) is 25.5 Å². The van der Waals surface area contributed by atoms with Crippen LogP contribution in [0.4, 0.5) is 0 Å². The van der Waals surface area contributed by atoms with Crippen LogP contribution in [0.2, 0.25) is 0 Å². The van der Waals surface area contributed by atoms with E-state index < -0.39 is 6.10 Å². The third-order valence-electron chi connectivity index (χ3n) is 1.98. The Morgan fingerprint density at radius 2 is 1.94 bits per heavy atom. The summed E-state index contributed by atoms with van der Waals surface area (Å²) in [6, 6.07) is 7.20. The molecule has 0 aliphatic heterocycles. The number of ether oxygens (including phenoxy) is 1. The lowest BCUT2D eigenvalue weighted by Crippen LogP contribution is -2.05. The van der Waals surface area contributed by atoms with E-state index in [4.69, 9.17) is 9.57 Å². The number of nitrogens with zero attached hydrogens (tertiary/aromatic N) is 1. The summed E-state index contributed by atoms with van der Waals surface area (Å²) in [4.78, 5) is 4.97. The smallest absolute Gasteiger partial charge is 0.147 e. The highest BCUT2D eigenvalue weighted by molar-refractivity contribution is 5.78. The summed E-state index contributed by atoms with van der Waals surface area (Å²) in [7, 11) is 1.60. The lowest BCUT2D eigenvalue weighted by atomic mass is 10.1. The fourth-order valence-electron chi connectivity index (χ4n) is 1.16. The van der Waals surface area contributed by atoms with Crippen molar-refractivity contribution in [3.63, 3.8) is 0 Å². The molecule has 0 saturated heterocycles. The van der Waals surface area contributed by atoms with Gasteiger partial charge in [0.25, 0.3) is 0 Å². The van der Waals surface area contributed by atoms with Crippen LogP contribution < -0.4 is 4.74 Å². The van der Waals surface area contributed by atoms with Gasteiger partial charge >= 0.3 is 0 Å². The molecule has 4 nitrogen and oxygen atoms in total. The zero-order valence-electron chi connectivity index (χ0n) is 9.80. The number of benzene rings is 1. The third-order valence-corrected chi connectivity index (χ3v) is 1.98. The summed E-state index contributed by atoms with van der Waals surface area (Å²) in [5.74, 6) is 0.763. The molecule has 1 unspecified atom stereocenters. The number of oxime groups is 1. The minimum Gasteiger partial charge on any atom is -0.497 e. The molecule has 0 bridgehead atoms. The van der Waals surface area contributed by atoms with E-state index in [1.165, 1.54) is 0 Å². The van der Waals surface area contributed by atoms with E-state index >= 15 is 0 Å². The van der Waals surface area contributed by atoms with Crippen molar-refractivity contribution in [2.24, 2.45) is 5.16 Å². The zero-order chi connectivity index (χ0) is 12.0. The maximum Gasteiger partial charge on any atom is 0.147 e. The highest BCUT2D eigenvalue weighted by atomic mass is 16.6. The van der Waals surface area contributed by atoms with Gasteiger partial charge in [0.2, 0.25) is 0 Å². The van der Waals surface area contributed by atoms with Crippen molar-refractivity contribution in [2.75, 3.05) is 13.7 Å². The van der Waals surface area contributed by atoms with Gasteiger partial charge in [0.1, 0.15) is 18.5 Å². The number of hydrogen-bond donors (Lipinski definition) is 1. The Morgan fingerprint density at radius 1 is 1.31 bits per heavy atom. The van der Waals surface area contributed by atoms with E-state index in [2.05, 4.69) is 5.16 Å². The van der Waals surface area contributed by atoms with Crippen LogP contribution in [0, 0.1) is 0 Å². The van der Waals surface area contributed by atoms with E-state index in [1.807, 2.05) is 13.8 Å². The molecule has 16 heavy (non-hydrogen) atoms. The largest absolute Gasteiger partial charge is 0.497 e. The average molecular weight is 223 g/mol. The first-order valence-corrected chi connectivity index (χ1v) is 5.08. The summed E-state index contributed by atoms with van der Waals surface area (Å²) in [5.41, 5.74) is 1.60. The first-order valence-electron chi connectivity index (χ1n) is 5.08. The van der Waals surface area contributed by atoms with Gasteiger partial charge in [-0.1, -0.05) is 17.3 Å². The normalized spacial score (nSPS) is 11.8. The summed E-state index contributed by atoms with van der Waals surface area (Å²) in [6.45, 7) is 3.82. The third kappa shape index (κ3) is 3.90. The standard InChI is InChI=1S/C12H17NO3/c1-9(2)13-16-8-12(14)10-4-6-11(15-3)7-5-10/h4-7,12,14H,8H2,1-3H3. The molecule has 0 amide bonds. The lowest BCUT2D eigenvalue weighted by molar-refractivity contribution is 0.0393. The van der Waals surface area contributed by atoms with Gasteiger partial charge in [-0.2, -0.15) is 0 Å². The molecular weight excluding hydrogens is 206 g/mol. The Kier molecular flexibility index (Phi) is 4.79. The first kappa shape index (κ1) is 12.5. The Labute approximate surface area is 95.5 Å². The van der Waals surface area contributed by atoms with Crippen molar-refractivity contribution in [2.45, 2.75) is 20.0 Å². The molecule has 4 heteroatoms. The minimum atomic E-state index is -0.672. The predicted octanol–water partition coefficient (Wildman–Crippen LogP) is 2.14. The summed E-state index contributed by atoms with van der Waals surface area (Å²) >= 11 is 0. The molecule has 1 atom stereocenters. The molecule has 0 fully saturated rings. The Balaban J connectivity index is 2.52. The number of methoxy groups -OCH3 is 1. The Hall–Kier alpha value is -1.55. The first-order chi connectivity index (χ1) is 7.63. The van der Waals surface area contributed by atoms with Crippen LogP contribution in [-0.2, 0) is 4.84 Å². The maximum atomic E-state index is 9.76. The van der Waals surface area contributed by atoms with Gasteiger partial charge in [-0.25, -0.2) is 0 Å². The lowest BCUT2D eigenvalue weighted by Gasteiger charge is -2.10. The molecule has 1 aromatic rings. The van der Waals surface area contributed by atoms with Crippen LogP contribution >= 0.6 is 0 Å². The molecule has 0 aromatic heterocycles. The van der Waals surface area contributed by atoms with Crippen molar-refractivity contribution >= 4 is 5.71 Å². The highest BCUT2D eigenvalue weighted by Crippen LogP contribution is 2.17. The van der Waals surface area contributed by atoms with E-state index in [1.54, 1.807) is 31.4 Å². The quantitative estimate of drug-likeness (QED) is 0.614. The minimum absolute atomic E-state index is 0.150. The SMILES string of the molecule is COc1ccc(C(O)CON=C(C)C)cc1. The van der Waals surface area contributed by atoms with Crippen molar-refractivity contribution in [3.05, 3.63) is 29.8 Å². The zero-order valence-corrected chi connectivity index (χ0v) is 9.80. The maximum absolute atomic E-state index is 9.76. The molecule has 0 spiro atoms. The number of aliphatic hydroxyl groups excluding tert-OH is 1. The molecule has 1 rings (SSSR count). The Morgan fingerprint density at radius 3 is 2.44 bits per heavy atom. The second kappa shape index (κ2) is 6.12. The summed E-state index contributed by atoms with van der Waals surface area (Å²) in [6.07, 6.45) is -0.672. The summed E-state index contributed by atoms with van der Waals surface area (Å²) in [5, 5.41) is 13.5. The van der Waals surface area contributed by atoms with Crippen molar-refractivity contribution in [3.8, 4) is 5.75 Å². The van der Waals surface area contributed by atoms with Crippen molar-refractivity contribution in [1.29, 1.82) is 0 Å². The van der Waals surface area contributed by atoms with Gasteiger partial charge < -0.3 is 14.7 Å². The summed E-state index contributed by atoms with van der Waals surface area (Å²) < 4.78 is 5.03. The average Bonchev–Trinajstić information content (AvgIpc) is 2.28. The molecular formula is C12H17NO3. The number of rotatable bonds is 5. The fourth-order valence-corrected chi connectivity index (χ4v) is 1.16. The van der Waals surface area contributed by atoms with Gasteiger partial charge in [-0.3, -0.25) is 0 Å². The molecule has 1 N–H and O–H groups in total. The molecule has 0 aliphatic carbocycles. The molecule has 0 radical (unpaired) electrons. The van der Waals surface area contributed by atoms with E-state index in [0.717, 1.165) is 17.0 Å². The number of hydrogen-bond acceptors (Lipinski definition) is 4. The molecule has 1 aromatic carbocycles. The van der Waals surface area contributed by atoms with E-state index in [-0.39, 0.29) is 6.61 Å². The molecule has 0 saturated carbocycles. The second-order valence-electron chi connectivity index (χ2n) is 3.62. The topological polar surface area (TPSA) is 51.0 Å². The van der Waals surface area contributed by atoms with Gasteiger partial charge in [0.05, 0.1) is 12.8 Å². The van der Waals surface area contributed by atoms with Crippen molar-refractivity contribution < 1.29 is 14.7 Å². The molecule has 88 valence electrons. The van der Waals surface area contributed by atoms with Gasteiger partial charge in [-0.15, -0.1) is 0 Å². The van der Waals surface area contributed by atoms with Gasteiger partial charge in [-0.05, 0) is 31.5 Å². The number of aliphatic hydroxyl groups is 1. The van der Waals surface area contributed by atoms with Gasteiger partial charge in [0.15, 0.2) is 0 Å². The fraction of sp³-hybridized carbons (Fsp3) is 0.417. The van der Waals surface area contributed by atoms with Crippen LogP contribution in [0.5, 0.6) is 5.75 Å². The van der Waals surface area contributed by atoms with Crippen LogP contribution in [0.25, 0.3) is 0 Å². The van der Waals surface area contributed by atoms with Crippen LogP contribution in [0.15, 0.2) is 29.4 Å². The van der Waals surface area contributed by atoms with E-state index in [9.17, 15) is 5.11 Å². The molecule has 0 heterocycles. The van der Waals surface area contributed by atoms with Crippen LogP contribution in [-0.4, -0.2) is 24.5 Å². The predicted molar refractivity (Wildman–Crippen MR) is 62.7 cm³/mol. The van der Waals surface area contributed by atoms with Gasteiger partial charge in [0, 0.05) is 0 Å². The molecule has 0 aliphatic rings. The highest BCUT2D eigenvalue weighted by Gasteiger charge is 2.07. The van der Waals surface area contributed by atoms with E-state index in [0.29, 0.717) is 0 Å². The van der Waals surface area contributed by atoms with Crippen LogP contribution in [0.3, 0.4) is 0 Å². The van der Waals surface area contributed by atoms with Crippen molar-refractivity contribution in [1.82, 2.24) is 0 Å². The monoisotopic (exact) mass is 223 g/mol.